The largest absolute Gasteiger partial charge is 0.493 e. The number of allylic oxidation sites excluding steroid dienone is 1. The molecule has 0 fully saturated rings. The molecule has 27 heavy (non-hydrogen) atoms. The van der Waals surface area contributed by atoms with Gasteiger partial charge in [-0.25, -0.2) is 9.78 Å². The van der Waals surface area contributed by atoms with Crippen LogP contribution >= 0.6 is 11.3 Å². The van der Waals surface area contributed by atoms with Crippen LogP contribution in [0.2, 0.25) is 0 Å². The van der Waals surface area contributed by atoms with Gasteiger partial charge in [-0.05, 0) is 37.3 Å². The highest BCUT2D eigenvalue weighted by Crippen LogP contribution is 2.38. The van der Waals surface area contributed by atoms with Crippen molar-refractivity contribution in [3.8, 4) is 11.5 Å². The summed E-state index contributed by atoms with van der Waals surface area (Å²) in [6.07, 6.45) is 4.90. The van der Waals surface area contributed by atoms with Crippen LogP contribution in [0.3, 0.4) is 0 Å². The van der Waals surface area contributed by atoms with E-state index in [1.165, 1.54) is 25.6 Å². The van der Waals surface area contributed by atoms with E-state index in [1.807, 2.05) is 0 Å². The standard InChI is InChI=1S/C19H18N2O5S/c1-4-26-17(23)13-11-27-18(21-13)19(8-5-9-20-19)16(22)12-6-7-14(24-2)15(10-12)25-3/h5-11H,4H2,1-3H3. The van der Waals surface area contributed by atoms with E-state index < -0.39 is 11.5 Å². The van der Waals surface area contributed by atoms with E-state index in [1.54, 1.807) is 48.9 Å². The Labute approximate surface area is 160 Å². The summed E-state index contributed by atoms with van der Waals surface area (Å²) in [6, 6.07) is 4.91. The number of Topliss-reactive ketones (excluding diaryl/α,β-unsaturated/α-hetero) is 1. The summed E-state index contributed by atoms with van der Waals surface area (Å²) < 4.78 is 15.5. The van der Waals surface area contributed by atoms with Gasteiger partial charge in [-0.3, -0.25) is 9.79 Å². The predicted molar refractivity (Wildman–Crippen MR) is 101 cm³/mol. The Kier molecular flexibility index (Phi) is 5.36. The van der Waals surface area contributed by atoms with E-state index in [0.29, 0.717) is 22.1 Å². The van der Waals surface area contributed by atoms with Crippen molar-refractivity contribution in [3.63, 3.8) is 0 Å². The van der Waals surface area contributed by atoms with Gasteiger partial charge in [0.2, 0.25) is 5.78 Å². The molecule has 1 atom stereocenters. The molecule has 1 aliphatic heterocycles. The Bertz CT molecular complexity index is 920. The number of hydrogen-bond acceptors (Lipinski definition) is 8. The number of hydrogen-bond donors (Lipinski definition) is 0. The third-order valence-corrected chi connectivity index (χ3v) is 4.98. The molecule has 0 N–H and O–H groups in total. The van der Waals surface area contributed by atoms with Crippen molar-refractivity contribution >= 4 is 29.3 Å². The topological polar surface area (TPSA) is 87.1 Å². The Morgan fingerprint density at radius 3 is 2.59 bits per heavy atom. The number of aliphatic imine (C=N–C) groups is 1. The Morgan fingerprint density at radius 2 is 1.96 bits per heavy atom. The smallest absolute Gasteiger partial charge is 0.357 e. The molecule has 1 aromatic carbocycles. The number of aromatic nitrogens is 1. The summed E-state index contributed by atoms with van der Waals surface area (Å²) in [5.41, 5.74) is -0.759. The molecule has 2 aromatic rings. The van der Waals surface area contributed by atoms with E-state index in [0.717, 1.165) is 0 Å². The molecule has 0 saturated heterocycles. The van der Waals surface area contributed by atoms with E-state index in [-0.39, 0.29) is 18.1 Å². The lowest BCUT2D eigenvalue weighted by molar-refractivity contribution is 0.0519. The normalized spacial score (nSPS) is 17.7. The first kappa shape index (κ1) is 18.8. The Hall–Kier alpha value is -3.00. The van der Waals surface area contributed by atoms with E-state index in [9.17, 15) is 9.59 Å². The van der Waals surface area contributed by atoms with Gasteiger partial charge in [-0.2, -0.15) is 0 Å². The van der Waals surface area contributed by atoms with Crippen molar-refractivity contribution in [2.24, 2.45) is 4.99 Å². The lowest BCUT2D eigenvalue weighted by atomic mass is 9.90. The maximum Gasteiger partial charge on any atom is 0.357 e. The highest BCUT2D eigenvalue weighted by molar-refractivity contribution is 7.10. The molecule has 0 amide bonds. The average molecular weight is 386 g/mol. The van der Waals surface area contributed by atoms with Crippen LogP contribution in [0.25, 0.3) is 0 Å². The number of carbonyl (C=O) groups excluding carboxylic acids is 2. The molecule has 8 heteroatoms. The van der Waals surface area contributed by atoms with Gasteiger partial charge < -0.3 is 14.2 Å². The molecule has 0 bridgehead atoms. The van der Waals surface area contributed by atoms with Gasteiger partial charge in [-0.1, -0.05) is 0 Å². The number of ether oxygens (including phenoxy) is 3. The van der Waals surface area contributed by atoms with Crippen molar-refractivity contribution in [2.45, 2.75) is 12.5 Å². The maximum atomic E-state index is 13.3. The average Bonchev–Trinajstić information content (AvgIpc) is 3.37. The number of benzene rings is 1. The summed E-state index contributed by atoms with van der Waals surface area (Å²) >= 11 is 1.19. The molecule has 0 radical (unpaired) electrons. The molecule has 140 valence electrons. The molecule has 7 nitrogen and oxygen atoms in total. The van der Waals surface area contributed by atoms with Gasteiger partial charge in [0, 0.05) is 17.2 Å². The van der Waals surface area contributed by atoms with Gasteiger partial charge in [0.05, 0.1) is 20.8 Å². The Balaban J connectivity index is 2.01. The number of nitrogens with zero attached hydrogens (tertiary/aromatic N) is 2. The molecule has 1 unspecified atom stereocenters. The SMILES string of the molecule is CCOC(=O)c1csc(C2(C(=O)c3ccc(OC)c(OC)c3)C=CC=N2)n1. The van der Waals surface area contributed by atoms with Gasteiger partial charge in [0.1, 0.15) is 5.01 Å². The predicted octanol–water partition coefficient (Wildman–Crippen LogP) is 3.06. The lowest BCUT2D eigenvalue weighted by Gasteiger charge is -2.21. The third-order valence-electron chi connectivity index (χ3n) is 4.01. The van der Waals surface area contributed by atoms with Crippen LogP contribution in [0.1, 0.15) is 32.8 Å². The van der Waals surface area contributed by atoms with Crippen LogP contribution in [0.5, 0.6) is 11.5 Å². The second kappa shape index (κ2) is 7.71. The van der Waals surface area contributed by atoms with Gasteiger partial charge in [0.15, 0.2) is 22.7 Å². The van der Waals surface area contributed by atoms with Crippen LogP contribution in [0.4, 0.5) is 0 Å². The zero-order valence-corrected chi connectivity index (χ0v) is 15.9. The van der Waals surface area contributed by atoms with E-state index >= 15 is 0 Å². The zero-order chi connectivity index (χ0) is 19.4. The summed E-state index contributed by atoms with van der Waals surface area (Å²) in [5, 5.41) is 1.97. The highest BCUT2D eigenvalue weighted by Gasteiger charge is 2.42. The van der Waals surface area contributed by atoms with E-state index in [4.69, 9.17) is 14.2 Å². The number of esters is 1. The van der Waals surface area contributed by atoms with Gasteiger partial charge in [-0.15, -0.1) is 11.3 Å². The fourth-order valence-corrected chi connectivity index (χ4v) is 3.61. The molecule has 1 aromatic heterocycles. The lowest BCUT2D eigenvalue weighted by Crippen LogP contribution is -2.31. The first-order valence-corrected chi connectivity index (χ1v) is 9.06. The minimum atomic E-state index is -1.31. The second-order valence-corrected chi connectivity index (χ2v) is 6.42. The van der Waals surface area contributed by atoms with Crippen molar-refractivity contribution in [2.75, 3.05) is 20.8 Å². The molecule has 0 saturated carbocycles. The number of thiazole rings is 1. The monoisotopic (exact) mass is 386 g/mol. The molecule has 0 aliphatic carbocycles. The van der Waals surface area contributed by atoms with Crippen LogP contribution in [-0.2, 0) is 10.3 Å². The minimum Gasteiger partial charge on any atom is -0.493 e. The number of ketones is 1. The quantitative estimate of drug-likeness (QED) is 0.537. The Morgan fingerprint density at radius 1 is 1.19 bits per heavy atom. The summed E-state index contributed by atoms with van der Waals surface area (Å²) in [6.45, 7) is 1.97. The van der Waals surface area contributed by atoms with Crippen LogP contribution < -0.4 is 9.47 Å². The zero-order valence-electron chi connectivity index (χ0n) is 15.1. The number of rotatable bonds is 7. The molecule has 0 spiro atoms. The number of methoxy groups -OCH3 is 2. The van der Waals surface area contributed by atoms with Crippen LogP contribution in [0, 0.1) is 0 Å². The summed E-state index contributed by atoms with van der Waals surface area (Å²) in [4.78, 5) is 33.9. The molecule has 2 heterocycles. The molecule has 3 rings (SSSR count). The molecule has 1 aliphatic rings. The fourth-order valence-electron chi connectivity index (χ4n) is 2.69. The van der Waals surface area contributed by atoms with Gasteiger partial charge in [0.25, 0.3) is 0 Å². The van der Waals surface area contributed by atoms with Crippen molar-refractivity contribution in [1.82, 2.24) is 4.98 Å². The van der Waals surface area contributed by atoms with Crippen LogP contribution in [0.15, 0.2) is 40.7 Å². The maximum absolute atomic E-state index is 13.3. The van der Waals surface area contributed by atoms with Crippen molar-refractivity contribution < 1.29 is 23.8 Å². The first-order valence-electron chi connectivity index (χ1n) is 8.18. The summed E-state index contributed by atoms with van der Waals surface area (Å²) in [5.74, 6) is 0.154. The van der Waals surface area contributed by atoms with Crippen molar-refractivity contribution in [1.29, 1.82) is 0 Å². The molecular formula is C19H18N2O5S. The van der Waals surface area contributed by atoms with Crippen molar-refractivity contribution in [3.05, 3.63) is 52.0 Å². The van der Waals surface area contributed by atoms with E-state index in [2.05, 4.69) is 9.98 Å². The summed E-state index contributed by atoms with van der Waals surface area (Å²) in [7, 11) is 3.03. The highest BCUT2D eigenvalue weighted by atomic mass is 32.1. The third kappa shape index (κ3) is 3.35. The van der Waals surface area contributed by atoms with Gasteiger partial charge >= 0.3 is 5.97 Å². The molecular weight excluding hydrogens is 368 g/mol. The van der Waals surface area contributed by atoms with Crippen LogP contribution in [-0.4, -0.2) is 43.8 Å². The fraction of sp³-hybridized carbons (Fsp3) is 0.263. The second-order valence-electron chi connectivity index (χ2n) is 5.56. The first-order chi connectivity index (χ1) is 13.1. The number of carbonyl (C=O) groups is 2. The minimum absolute atomic E-state index is 0.159.